The zero-order valence-electron chi connectivity index (χ0n) is 11.0. The lowest BCUT2D eigenvalue weighted by Gasteiger charge is -2.13. The maximum absolute atomic E-state index is 12.8. The van der Waals surface area contributed by atoms with E-state index in [0.29, 0.717) is 0 Å². The minimum Gasteiger partial charge on any atom is -0.307 e. The molecule has 1 heterocycles. The van der Waals surface area contributed by atoms with Crippen molar-refractivity contribution >= 4 is 17.5 Å². The van der Waals surface area contributed by atoms with E-state index in [9.17, 15) is 18.0 Å². The molecule has 0 bridgehead atoms. The van der Waals surface area contributed by atoms with Crippen LogP contribution in [0.4, 0.5) is 29.5 Å². The van der Waals surface area contributed by atoms with Gasteiger partial charge in [-0.25, -0.2) is 9.78 Å². The number of hydrogen-bond acceptors (Lipinski definition) is 2. The summed E-state index contributed by atoms with van der Waals surface area (Å²) >= 11 is 0. The molecule has 0 unspecified atom stereocenters. The highest BCUT2D eigenvalue weighted by atomic mass is 19.4. The third-order valence-electron chi connectivity index (χ3n) is 2.63. The Labute approximate surface area is 119 Å². The van der Waals surface area contributed by atoms with Gasteiger partial charge in [0.2, 0.25) is 0 Å². The predicted molar refractivity (Wildman–Crippen MR) is 73.1 cm³/mol. The van der Waals surface area contributed by atoms with Gasteiger partial charge in [-0.15, -0.1) is 0 Å². The Morgan fingerprint density at radius 2 is 1.81 bits per heavy atom. The molecule has 1 aromatic carbocycles. The van der Waals surface area contributed by atoms with Crippen LogP contribution in [-0.4, -0.2) is 11.0 Å². The van der Waals surface area contributed by atoms with Gasteiger partial charge in [0, 0.05) is 6.20 Å². The molecule has 2 N–H and O–H groups in total. The van der Waals surface area contributed by atoms with E-state index in [4.69, 9.17) is 0 Å². The summed E-state index contributed by atoms with van der Waals surface area (Å²) in [7, 11) is 0. The number of nitrogens with one attached hydrogen (secondary N) is 2. The summed E-state index contributed by atoms with van der Waals surface area (Å²) in [5.74, 6) is 0.252. The molecule has 0 aliphatic rings. The lowest BCUT2D eigenvalue weighted by atomic mass is 10.1. The number of aromatic nitrogens is 1. The number of rotatable bonds is 2. The van der Waals surface area contributed by atoms with E-state index < -0.39 is 17.8 Å². The second-order valence-corrected chi connectivity index (χ2v) is 4.34. The van der Waals surface area contributed by atoms with E-state index in [0.717, 1.165) is 11.6 Å². The van der Waals surface area contributed by atoms with E-state index in [1.807, 2.05) is 6.92 Å². The second kappa shape index (κ2) is 5.82. The molecule has 0 atom stereocenters. The number of hydrogen-bond donors (Lipinski definition) is 2. The number of para-hydroxylation sites is 1. The minimum atomic E-state index is -4.54. The first kappa shape index (κ1) is 14.8. The van der Waals surface area contributed by atoms with Crippen molar-refractivity contribution in [1.82, 2.24) is 4.98 Å². The Bertz CT molecular complexity index is 639. The number of anilines is 2. The van der Waals surface area contributed by atoms with Gasteiger partial charge in [-0.1, -0.05) is 18.2 Å². The minimum absolute atomic E-state index is 0.252. The van der Waals surface area contributed by atoms with Crippen LogP contribution >= 0.6 is 0 Å². The van der Waals surface area contributed by atoms with Crippen molar-refractivity contribution in [2.75, 3.05) is 10.6 Å². The first-order valence-electron chi connectivity index (χ1n) is 6.03. The fourth-order valence-corrected chi connectivity index (χ4v) is 1.65. The maximum atomic E-state index is 12.8. The molecule has 21 heavy (non-hydrogen) atoms. The van der Waals surface area contributed by atoms with Crippen molar-refractivity contribution in [1.29, 1.82) is 0 Å². The Balaban J connectivity index is 2.11. The standard InChI is InChI=1S/C14H12F3N3O/c1-9-6-7-12(18-8-9)20-13(21)19-11-5-3-2-4-10(11)14(15,16)17/h2-8H,1H3,(H2,18,19,20,21). The third-order valence-corrected chi connectivity index (χ3v) is 2.63. The number of aryl methyl sites for hydroxylation is 1. The van der Waals surface area contributed by atoms with Crippen LogP contribution in [0, 0.1) is 6.92 Å². The molecule has 4 nitrogen and oxygen atoms in total. The molecule has 2 rings (SSSR count). The van der Waals surface area contributed by atoms with Crippen LogP contribution in [-0.2, 0) is 6.18 Å². The van der Waals surface area contributed by atoms with Crippen LogP contribution in [0.25, 0.3) is 0 Å². The number of pyridine rings is 1. The fraction of sp³-hybridized carbons (Fsp3) is 0.143. The lowest BCUT2D eigenvalue weighted by molar-refractivity contribution is -0.136. The van der Waals surface area contributed by atoms with Crippen LogP contribution in [0.5, 0.6) is 0 Å². The molecular weight excluding hydrogens is 283 g/mol. The van der Waals surface area contributed by atoms with E-state index in [1.165, 1.54) is 18.2 Å². The van der Waals surface area contributed by atoms with Gasteiger partial charge in [0.05, 0.1) is 11.3 Å². The number of carbonyl (C=O) groups is 1. The van der Waals surface area contributed by atoms with Crippen LogP contribution in [0.1, 0.15) is 11.1 Å². The Morgan fingerprint density at radius 3 is 2.43 bits per heavy atom. The van der Waals surface area contributed by atoms with Crippen molar-refractivity contribution < 1.29 is 18.0 Å². The van der Waals surface area contributed by atoms with Gasteiger partial charge in [0.15, 0.2) is 0 Å². The molecule has 0 fully saturated rings. The average molecular weight is 295 g/mol. The van der Waals surface area contributed by atoms with Crippen LogP contribution in [0.15, 0.2) is 42.6 Å². The van der Waals surface area contributed by atoms with E-state index in [1.54, 1.807) is 18.3 Å². The molecule has 7 heteroatoms. The van der Waals surface area contributed by atoms with Gasteiger partial charge in [0.25, 0.3) is 0 Å². The topological polar surface area (TPSA) is 54.0 Å². The molecule has 0 radical (unpaired) electrons. The summed E-state index contributed by atoms with van der Waals surface area (Å²) in [6.07, 6.45) is -2.99. The summed E-state index contributed by atoms with van der Waals surface area (Å²) in [6.45, 7) is 1.83. The fourth-order valence-electron chi connectivity index (χ4n) is 1.65. The van der Waals surface area contributed by atoms with Crippen LogP contribution < -0.4 is 10.6 Å². The zero-order valence-corrected chi connectivity index (χ0v) is 11.0. The highest BCUT2D eigenvalue weighted by molar-refractivity contribution is 5.99. The molecule has 0 spiro atoms. The summed E-state index contributed by atoms with van der Waals surface area (Å²) in [5.41, 5.74) is -0.310. The van der Waals surface area contributed by atoms with Gasteiger partial charge in [-0.2, -0.15) is 13.2 Å². The molecule has 0 aliphatic carbocycles. The van der Waals surface area contributed by atoms with Gasteiger partial charge in [-0.3, -0.25) is 5.32 Å². The number of benzene rings is 1. The number of halogens is 3. The molecule has 1 aromatic heterocycles. The highest BCUT2D eigenvalue weighted by Gasteiger charge is 2.33. The summed E-state index contributed by atoms with van der Waals surface area (Å²) in [4.78, 5) is 15.7. The largest absolute Gasteiger partial charge is 0.418 e. The normalized spacial score (nSPS) is 11.0. The second-order valence-electron chi connectivity index (χ2n) is 4.34. The van der Waals surface area contributed by atoms with Crippen LogP contribution in [0.3, 0.4) is 0 Å². The maximum Gasteiger partial charge on any atom is 0.418 e. The molecule has 2 amide bonds. The monoisotopic (exact) mass is 295 g/mol. The Kier molecular flexibility index (Phi) is 4.11. The van der Waals surface area contributed by atoms with Crippen molar-refractivity contribution in [3.63, 3.8) is 0 Å². The predicted octanol–water partition coefficient (Wildman–Crippen LogP) is 4.05. The zero-order chi connectivity index (χ0) is 15.5. The van der Waals surface area contributed by atoms with E-state index >= 15 is 0 Å². The van der Waals surface area contributed by atoms with Gasteiger partial charge in [-0.05, 0) is 30.7 Å². The molecule has 2 aromatic rings. The molecular formula is C14H12F3N3O. The van der Waals surface area contributed by atoms with Gasteiger partial charge < -0.3 is 5.32 Å². The molecule has 110 valence electrons. The average Bonchev–Trinajstić information content (AvgIpc) is 2.41. The first-order valence-corrected chi connectivity index (χ1v) is 6.03. The van der Waals surface area contributed by atoms with Crippen LogP contribution in [0.2, 0.25) is 0 Å². The van der Waals surface area contributed by atoms with Crippen molar-refractivity contribution in [3.8, 4) is 0 Å². The summed E-state index contributed by atoms with van der Waals surface area (Å²) < 4.78 is 38.4. The summed E-state index contributed by atoms with van der Waals surface area (Å²) in [6, 6.07) is 7.26. The van der Waals surface area contributed by atoms with Gasteiger partial charge in [0.1, 0.15) is 5.82 Å². The number of carbonyl (C=O) groups excluding carboxylic acids is 1. The van der Waals surface area contributed by atoms with Crippen molar-refractivity contribution in [2.24, 2.45) is 0 Å². The number of alkyl halides is 3. The Hall–Kier alpha value is -2.57. The number of urea groups is 1. The number of amides is 2. The smallest absolute Gasteiger partial charge is 0.307 e. The van der Waals surface area contributed by atoms with Crippen molar-refractivity contribution in [3.05, 3.63) is 53.7 Å². The van der Waals surface area contributed by atoms with Gasteiger partial charge >= 0.3 is 12.2 Å². The quantitative estimate of drug-likeness (QED) is 0.878. The molecule has 0 saturated heterocycles. The third kappa shape index (κ3) is 3.95. The highest BCUT2D eigenvalue weighted by Crippen LogP contribution is 2.34. The van der Waals surface area contributed by atoms with Crippen molar-refractivity contribution in [2.45, 2.75) is 13.1 Å². The van der Waals surface area contributed by atoms with E-state index in [2.05, 4.69) is 15.6 Å². The lowest BCUT2D eigenvalue weighted by Crippen LogP contribution is -2.22. The molecule has 0 saturated carbocycles. The first-order chi connectivity index (χ1) is 9.86. The van der Waals surface area contributed by atoms with E-state index in [-0.39, 0.29) is 11.5 Å². The SMILES string of the molecule is Cc1ccc(NC(=O)Nc2ccccc2C(F)(F)F)nc1. The number of nitrogens with zero attached hydrogens (tertiary/aromatic N) is 1. The Morgan fingerprint density at radius 1 is 1.10 bits per heavy atom. The molecule has 0 aliphatic heterocycles. The summed E-state index contributed by atoms with van der Waals surface area (Å²) in [5, 5.41) is 4.54.